The first-order chi connectivity index (χ1) is 8.16. The third-order valence-corrected chi connectivity index (χ3v) is 3.60. The highest BCUT2D eigenvalue weighted by Gasteiger charge is 2.05. The van der Waals surface area contributed by atoms with Crippen molar-refractivity contribution in [3.05, 3.63) is 47.2 Å². The molecule has 3 nitrogen and oxygen atoms in total. The Morgan fingerprint density at radius 1 is 1.29 bits per heavy atom. The predicted octanol–water partition coefficient (Wildman–Crippen LogP) is 3.30. The first kappa shape index (κ1) is 12.4. The van der Waals surface area contributed by atoms with Crippen LogP contribution in [-0.2, 0) is 0 Å². The molecular weight excluding hydrogens is 254 g/mol. The minimum atomic E-state index is -0.0000109. The van der Waals surface area contributed by atoms with Gasteiger partial charge >= 0.3 is 0 Å². The van der Waals surface area contributed by atoms with Gasteiger partial charge < -0.3 is 5.73 Å². The van der Waals surface area contributed by atoms with Gasteiger partial charge in [0, 0.05) is 18.4 Å². The van der Waals surface area contributed by atoms with Gasteiger partial charge in [-0.25, -0.2) is 9.97 Å². The molecule has 88 valence electrons. The van der Waals surface area contributed by atoms with Crippen molar-refractivity contribution >= 4 is 23.4 Å². The van der Waals surface area contributed by atoms with E-state index in [2.05, 4.69) is 9.97 Å². The van der Waals surface area contributed by atoms with E-state index >= 15 is 0 Å². The van der Waals surface area contributed by atoms with Gasteiger partial charge in [0.25, 0.3) is 0 Å². The Morgan fingerprint density at radius 2 is 2.12 bits per heavy atom. The van der Waals surface area contributed by atoms with Crippen molar-refractivity contribution in [1.29, 1.82) is 0 Å². The number of hydrogen-bond acceptors (Lipinski definition) is 4. The zero-order valence-electron chi connectivity index (χ0n) is 9.30. The summed E-state index contributed by atoms with van der Waals surface area (Å²) in [4.78, 5) is 8.52. The van der Waals surface area contributed by atoms with E-state index in [4.69, 9.17) is 17.3 Å². The second-order valence-electron chi connectivity index (χ2n) is 3.61. The average molecular weight is 266 g/mol. The molecule has 2 heterocycles. The van der Waals surface area contributed by atoms with Gasteiger partial charge in [-0.2, -0.15) is 0 Å². The zero-order chi connectivity index (χ0) is 12.3. The second kappa shape index (κ2) is 5.49. The molecule has 0 aliphatic rings. The molecule has 0 spiro atoms. The Labute approximate surface area is 109 Å². The molecule has 2 aromatic rings. The van der Waals surface area contributed by atoms with Crippen LogP contribution in [0.4, 0.5) is 0 Å². The van der Waals surface area contributed by atoms with Crippen molar-refractivity contribution in [3.8, 4) is 0 Å². The van der Waals surface area contributed by atoms with E-state index in [9.17, 15) is 0 Å². The van der Waals surface area contributed by atoms with Crippen molar-refractivity contribution in [3.63, 3.8) is 0 Å². The molecule has 0 saturated heterocycles. The second-order valence-corrected chi connectivity index (χ2v) is 5.03. The highest BCUT2D eigenvalue weighted by molar-refractivity contribution is 7.99. The summed E-state index contributed by atoms with van der Waals surface area (Å²) in [5.74, 6) is 0. The average Bonchev–Trinajstić information content (AvgIpc) is 2.33. The molecule has 2 N–H and O–H groups in total. The maximum absolute atomic E-state index is 6.02. The smallest absolute Gasteiger partial charge is 0.121 e. The van der Waals surface area contributed by atoms with Gasteiger partial charge in [0.15, 0.2) is 0 Å². The highest BCUT2D eigenvalue weighted by Crippen LogP contribution is 2.29. The minimum absolute atomic E-state index is 0.0000109. The number of rotatable bonds is 3. The van der Waals surface area contributed by atoms with Crippen LogP contribution in [0.15, 0.2) is 46.7 Å². The van der Waals surface area contributed by atoms with Gasteiger partial charge in [-0.3, -0.25) is 0 Å². The van der Waals surface area contributed by atoms with Crippen LogP contribution in [0.1, 0.15) is 18.5 Å². The molecule has 2 rings (SSSR count). The standard InChI is InChI=1S/C12H12ClN3S/c1-8(14)9-4-5-11(16-7-9)17-12-10(13)3-2-6-15-12/h2-8H,14H2,1H3/t8-/m0/s1. The maximum atomic E-state index is 6.02. The normalized spacial score (nSPS) is 12.4. The topological polar surface area (TPSA) is 51.8 Å². The minimum Gasteiger partial charge on any atom is -0.324 e. The van der Waals surface area contributed by atoms with E-state index in [0.29, 0.717) is 5.02 Å². The fourth-order valence-corrected chi connectivity index (χ4v) is 2.22. The molecule has 0 saturated carbocycles. The SMILES string of the molecule is C[C@H](N)c1ccc(Sc2ncccc2Cl)nc1. The molecule has 2 aromatic heterocycles. The van der Waals surface area contributed by atoms with Crippen molar-refractivity contribution in [2.75, 3.05) is 0 Å². The molecule has 1 atom stereocenters. The van der Waals surface area contributed by atoms with Gasteiger partial charge in [0.2, 0.25) is 0 Å². The Kier molecular flexibility index (Phi) is 3.99. The van der Waals surface area contributed by atoms with Crippen LogP contribution < -0.4 is 5.73 Å². The molecule has 0 radical (unpaired) electrons. The summed E-state index contributed by atoms with van der Waals surface area (Å²) < 4.78 is 0. The van der Waals surface area contributed by atoms with Crippen molar-refractivity contribution in [2.24, 2.45) is 5.73 Å². The maximum Gasteiger partial charge on any atom is 0.121 e. The summed E-state index contributed by atoms with van der Waals surface area (Å²) in [6, 6.07) is 7.51. The summed E-state index contributed by atoms with van der Waals surface area (Å²) in [5.41, 5.74) is 6.78. The monoisotopic (exact) mass is 265 g/mol. The van der Waals surface area contributed by atoms with E-state index in [1.165, 1.54) is 11.8 Å². The fourth-order valence-electron chi connectivity index (χ4n) is 1.27. The predicted molar refractivity (Wildman–Crippen MR) is 70.2 cm³/mol. The van der Waals surface area contributed by atoms with Crippen LogP contribution in [0.3, 0.4) is 0 Å². The Bertz CT molecular complexity index is 499. The Balaban J connectivity index is 2.17. The number of halogens is 1. The van der Waals surface area contributed by atoms with E-state index in [0.717, 1.165) is 15.6 Å². The zero-order valence-corrected chi connectivity index (χ0v) is 10.9. The van der Waals surface area contributed by atoms with Crippen LogP contribution >= 0.6 is 23.4 Å². The van der Waals surface area contributed by atoms with Crippen molar-refractivity contribution in [1.82, 2.24) is 9.97 Å². The fraction of sp³-hybridized carbons (Fsp3) is 0.167. The third kappa shape index (κ3) is 3.19. The Hall–Kier alpha value is -1.10. The van der Waals surface area contributed by atoms with E-state index in [1.807, 2.05) is 25.1 Å². The first-order valence-electron chi connectivity index (χ1n) is 5.16. The lowest BCUT2D eigenvalue weighted by Crippen LogP contribution is -2.04. The summed E-state index contributed by atoms with van der Waals surface area (Å²) in [6.45, 7) is 1.93. The number of pyridine rings is 2. The molecule has 0 aliphatic carbocycles. The Morgan fingerprint density at radius 3 is 2.71 bits per heavy atom. The van der Waals surface area contributed by atoms with E-state index in [-0.39, 0.29) is 6.04 Å². The number of aromatic nitrogens is 2. The van der Waals surface area contributed by atoms with Crippen LogP contribution in [0.2, 0.25) is 5.02 Å². The van der Waals surface area contributed by atoms with Crippen molar-refractivity contribution in [2.45, 2.75) is 23.0 Å². The quantitative estimate of drug-likeness (QED) is 0.925. The van der Waals surface area contributed by atoms with Crippen LogP contribution in [0.25, 0.3) is 0 Å². The summed E-state index contributed by atoms with van der Waals surface area (Å²) in [5, 5.41) is 2.25. The largest absolute Gasteiger partial charge is 0.324 e. The van der Waals surface area contributed by atoms with E-state index < -0.39 is 0 Å². The van der Waals surface area contributed by atoms with Crippen LogP contribution in [-0.4, -0.2) is 9.97 Å². The molecule has 0 amide bonds. The molecule has 0 unspecified atom stereocenters. The first-order valence-corrected chi connectivity index (χ1v) is 6.36. The molecule has 0 aromatic carbocycles. The third-order valence-electron chi connectivity index (χ3n) is 2.21. The molecule has 0 bridgehead atoms. The summed E-state index contributed by atoms with van der Waals surface area (Å²) in [7, 11) is 0. The number of hydrogen-bond donors (Lipinski definition) is 1. The highest BCUT2D eigenvalue weighted by atomic mass is 35.5. The summed E-state index contributed by atoms with van der Waals surface area (Å²) >= 11 is 7.46. The van der Waals surface area contributed by atoms with Crippen LogP contribution in [0.5, 0.6) is 0 Å². The van der Waals surface area contributed by atoms with Gasteiger partial charge in [-0.05, 0) is 42.4 Å². The molecular formula is C12H12ClN3S. The number of nitrogens with zero attached hydrogens (tertiary/aromatic N) is 2. The summed E-state index contributed by atoms with van der Waals surface area (Å²) in [6.07, 6.45) is 3.49. The van der Waals surface area contributed by atoms with Gasteiger partial charge in [0.05, 0.1) is 5.02 Å². The lowest BCUT2D eigenvalue weighted by atomic mass is 10.2. The lowest BCUT2D eigenvalue weighted by Gasteiger charge is -2.06. The lowest BCUT2D eigenvalue weighted by molar-refractivity contribution is 0.806. The molecule has 0 aliphatic heterocycles. The van der Waals surface area contributed by atoms with Gasteiger partial charge in [0.1, 0.15) is 10.1 Å². The van der Waals surface area contributed by atoms with Crippen LogP contribution in [0, 0.1) is 0 Å². The molecule has 0 fully saturated rings. The van der Waals surface area contributed by atoms with Gasteiger partial charge in [-0.1, -0.05) is 17.7 Å². The van der Waals surface area contributed by atoms with Gasteiger partial charge in [-0.15, -0.1) is 0 Å². The van der Waals surface area contributed by atoms with Crippen molar-refractivity contribution < 1.29 is 0 Å². The molecule has 17 heavy (non-hydrogen) atoms. The molecule has 5 heteroatoms. The number of nitrogens with two attached hydrogens (primary N) is 1. The van der Waals surface area contributed by atoms with E-state index in [1.54, 1.807) is 18.5 Å².